The maximum Gasteiger partial charge on any atom is 0.306 e. The van der Waals surface area contributed by atoms with Crippen LogP contribution in [0.1, 0.15) is 80.1 Å². The maximum atomic E-state index is 18.0. The van der Waals surface area contributed by atoms with Crippen molar-refractivity contribution >= 4 is 29.5 Å². The van der Waals surface area contributed by atoms with E-state index < -0.39 is 82.4 Å². The fourth-order valence-electron chi connectivity index (χ4n) is 8.37. The van der Waals surface area contributed by atoms with Crippen LogP contribution < -0.4 is 0 Å². The van der Waals surface area contributed by atoms with Gasteiger partial charge in [-0.05, 0) is 44.3 Å². The number of fused-ring (bicyclic) bond motifs is 5. The molecule has 0 radical (unpaired) electrons. The Kier molecular flexibility index (Phi) is 8.14. The van der Waals surface area contributed by atoms with Crippen LogP contribution in [0.15, 0.2) is 23.8 Å². The number of ether oxygens (including phenoxy) is 3. The molecule has 0 spiro atoms. The molecule has 0 bridgehead atoms. The number of ketones is 2. The molecule has 10 heteroatoms. The highest BCUT2D eigenvalue weighted by atomic mass is 19.1. The van der Waals surface area contributed by atoms with Crippen molar-refractivity contribution < 1.29 is 47.7 Å². The molecule has 41 heavy (non-hydrogen) atoms. The molecule has 9 nitrogen and oxygen atoms in total. The number of halogens is 1. The summed E-state index contributed by atoms with van der Waals surface area (Å²) in [5.74, 6) is -5.22. The summed E-state index contributed by atoms with van der Waals surface area (Å²) < 4.78 is 35.1. The van der Waals surface area contributed by atoms with Crippen molar-refractivity contribution in [3.63, 3.8) is 0 Å². The minimum Gasteiger partial charge on any atom is -0.459 e. The molecule has 0 amide bonds. The lowest BCUT2D eigenvalue weighted by atomic mass is 9.43. The lowest BCUT2D eigenvalue weighted by molar-refractivity contribution is -0.277. The molecule has 0 heterocycles. The van der Waals surface area contributed by atoms with Crippen LogP contribution in [0.4, 0.5) is 4.39 Å². The number of Topliss-reactive ketones (excluding diaryl/α,β-unsaturated/α-hetero) is 1. The van der Waals surface area contributed by atoms with Gasteiger partial charge in [0, 0.05) is 36.5 Å². The predicted molar refractivity (Wildman–Crippen MR) is 144 cm³/mol. The number of rotatable bonds is 8. The highest BCUT2D eigenvalue weighted by Gasteiger charge is 2.81. The van der Waals surface area contributed by atoms with Gasteiger partial charge >= 0.3 is 17.9 Å². The molecule has 1 unspecified atom stereocenters. The second kappa shape index (κ2) is 10.7. The first-order chi connectivity index (χ1) is 19.2. The van der Waals surface area contributed by atoms with Crippen molar-refractivity contribution in [2.75, 3.05) is 6.61 Å². The van der Waals surface area contributed by atoms with E-state index in [1.54, 1.807) is 41.5 Å². The van der Waals surface area contributed by atoms with E-state index in [1.165, 1.54) is 18.2 Å². The standard InChI is InChI=1S/C31H41FO9/c1-7-23(35)39-16-22(34)31(41-25(37)9-3)17(4)14-21-20-11-10-18-15-19(33)12-13-28(18,5)30(20,32)26(38)27(29(21,31)6)40-24(36)8-2/h12-13,15,17,20-21,26-27,38H,7-11,14,16H2,1-6H3/t17-,20?,21-,26-,27+,28-,29+,30-,31-/m0/s1. The first-order valence-electron chi connectivity index (χ1n) is 14.6. The molecule has 4 aliphatic carbocycles. The average Bonchev–Trinajstić information content (AvgIpc) is 3.17. The van der Waals surface area contributed by atoms with Crippen molar-refractivity contribution in [3.8, 4) is 0 Å². The third-order valence-electron chi connectivity index (χ3n) is 10.5. The number of hydrogen-bond donors (Lipinski definition) is 1. The molecule has 9 atom stereocenters. The molecule has 0 aromatic carbocycles. The highest BCUT2D eigenvalue weighted by Crippen LogP contribution is 2.72. The van der Waals surface area contributed by atoms with E-state index >= 15 is 4.39 Å². The van der Waals surface area contributed by atoms with Gasteiger partial charge < -0.3 is 19.3 Å². The highest BCUT2D eigenvalue weighted by molar-refractivity contribution is 6.01. The van der Waals surface area contributed by atoms with Gasteiger partial charge in [0.1, 0.15) is 12.2 Å². The zero-order chi connectivity index (χ0) is 30.5. The largest absolute Gasteiger partial charge is 0.459 e. The Labute approximate surface area is 239 Å². The second-order valence-electron chi connectivity index (χ2n) is 12.3. The Hall–Kier alpha value is -2.88. The summed E-state index contributed by atoms with van der Waals surface area (Å²) in [7, 11) is 0. The number of alkyl halides is 1. The number of esters is 3. The van der Waals surface area contributed by atoms with E-state index in [4.69, 9.17) is 14.2 Å². The minimum absolute atomic E-state index is 0.0246. The fourth-order valence-corrected chi connectivity index (χ4v) is 8.37. The Morgan fingerprint density at radius 3 is 2.27 bits per heavy atom. The Morgan fingerprint density at radius 1 is 1.02 bits per heavy atom. The monoisotopic (exact) mass is 576 g/mol. The van der Waals surface area contributed by atoms with Crippen molar-refractivity contribution in [3.05, 3.63) is 23.8 Å². The van der Waals surface area contributed by atoms with Gasteiger partial charge in [-0.15, -0.1) is 0 Å². The van der Waals surface area contributed by atoms with Crippen molar-refractivity contribution in [1.82, 2.24) is 0 Å². The van der Waals surface area contributed by atoms with Gasteiger partial charge in [-0.3, -0.25) is 24.0 Å². The molecule has 1 N–H and O–H groups in total. The van der Waals surface area contributed by atoms with Crippen LogP contribution in [0.2, 0.25) is 0 Å². The van der Waals surface area contributed by atoms with Crippen LogP contribution in [-0.4, -0.2) is 64.7 Å². The first-order valence-corrected chi connectivity index (χ1v) is 14.6. The Balaban J connectivity index is 1.95. The molecule has 0 aromatic heterocycles. The molecule has 3 fully saturated rings. The molecule has 4 rings (SSSR count). The molecule has 3 saturated carbocycles. The summed E-state index contributed by atoms with van der Waals surface area (Å²) in [4.78, 5) is 64.1. The normalized spacial score (nSPS) is 40.9. The van der Waals surface area contributed by atoms with E-state index in [-0.39, 0.29) is 37.9 Å². The number of carbonyl (C=O) groups is 5. The fraction of sp³-hybridized carbons (Fsp3) is 0.710. The van der Waals surface area contributed by atoms with Gasteiger partial charge in [0.25, 0.3) is 0 Å². The van der Waals surface area contributed by atoms with Crippen LogP contribution in [0.3, 0.4) is 0 Å². The summed E-state index contributed by atoms with van der Waals surface area (Å²) in [5.41, 5.74) is -6.75. The lowest BCUT2D eigenvalue weighted by Gasteiger charge is -2.64. The topological polar surface area (TPSA) is 133 Å². The van der Waals surface area contributed by atoms with Crippen LogP contribution >= 0.6 is 0 Å². The van der Waals surface area contributed by atoms with E-state index in [0.717, 1.165) is 0 Å². The van der Waals surface area contributed by atoms with E-state index in [9.17, 15) is 29.1 Å². The summed E-state index contributed by atoms with van der Waals surface area (Å²) in [5, 5.41) is 12.1. The van der Waals surface area contributed by atoms with Crippen LogP contribution in [0.5, 0.6) is 0 Å². The first kappa shape index (κ1) is 31.1. The summed E-state index contributed by atoms with van der Waals surface area (Å²) in [6, 6.07) is 0. The van der Waals surface area contributed by atoms with E-state index in [1.807, 2.05) is 0 Å². The molecular formula is C31H41FO9. The number of carbonyl (C=O) groups excluding carboxylic acids is 5. The molecule has 4 aliphatic rings. The molecular weight excluding hydrogens is 535 g/mol. The predicted octanol–water partition coefficient (Wildman–Crippen LogP) is 3.75. The van der Waals surface area contributed by atoms with Crippen LogP contribution in [0, 0.1) is 28.6 Å². The van der Waals surface area contributed by atoms with Gasteiger partial charge in [-0.1, -0.05) is 46.3 Å². The zero-order valence-corrected chi connectivity index (χ0v) is 24.7. The van der Waals surface area contributed by atoms with E-state index in [0.29, 0.717) is 12.0 Å². The maximum absolute atomic E-state index is 18.0. The van der Waals surface area contributed by atoms with Gasteiger partial charge in [-0.2, -0.15) is 0 Å². The van der Waals surface area contributed by atoms with Crippen LogP contribution in [-0.2, 0) is 38.2 Å². The quantitative estimate of drug-likeness (QED) is 0.339. The minimum atomic E-state index is -2.38. The summed E-state index contributed by atoms with van der Waals surface area (Å²) >= 11 is 0. The van der Waals surface area contributed by atoms with Gasteiger partial charge in [0.05, 0.1) is 5.41 Å². The SMILES string of the molecule is CCC(=O)OCC(=O)[C@@]1(OC(=O)CC)[C@@H](C)C[C@H]2C3CCC4=CC(=O)C=C[C@]4(C)[C@@]3(F)[C@@H](O)[C@@H](OC(=O)CC)[C@@]21C. The third-order valence-corrected chi connectivity index (χ3v) is 10.5. The van der Waals surface area contributed by atoms with E-state index in [2.05, 4.69) is 0 Å². The summed E-state index contributed by atoms with van der Waals surface area (Å²) in [6.07, 6.45) is 1.39. The second-order valence-corrected chi connectivity index (χ2v) is 12.3. The average molecular weight is 577 g/mol. The molecule has 0 aromatic rings. The third kappa shape index (κ3) is 4.22. The molecule has 226 valence electrons. The Morgan fingerprint density at radius 2 is 1.66 bits per heavy atom. The van der Waals surface area contributed by atoms with Crippen molar-refractivity contribution in [1.29, 1.82) is 0 Å². The molecule has 0 aliphatic heterocycles. The van der Waals surface area contributed by atoms with Gasteiger partial charge in [0.15, 0.2) is 23.7 Å². The lowest BCUT2D eigenvalue weighted by Crippen LogP contribution is -2.76. The van der Waals surface area contributed by atoms with Crippen molar-refractivity contribution in [2.24, 2.45) is 28.6 Å². The van der Waals surface area contributed by atoms with Gasteiger partial charge in [0.2, 0.25) is 5.78 Å². The molecule has 0 saturated heterocycles. The van der Waals surface area contributed by atoms with Gasteiger partial charge in [-0.25, -0.2) is 4.39 Å². The summed E-state index contributed by atoms with van der Waals surface area (Å²) in [6.45, 7) is 8.98. The van der Waals surface area contributed by atoms with Crippen molar-refractivity contribution in [2.45, 2.75) is 104 Å². The van der Waals surface area contributed by atoms with Crippen LogP contribution in [0.25, 0.3) is 0 Å². The number of hydrogen-bond acceptors (Lipinski definition) is 9. The number of aliphatic hydroxyl groups is 1. The zero-order valence-electron chi connectivity index (χ0n) is 24.7. The number of aliphatic hydroxyl groups excluding tert-OH is 1. The smallest absolute Gasteiger partial charge is 0.306 e. The number of allylic oxidation sites excluding steroid dienone is 4. The Bertz CT molecular complexity index is 1210.